The molecule has 4 aromatic rings. The first-order chi connectivity index (χ1) is 15.7. The number of imidazole rings is 1. The van der Waals surface area contributed by atoms with Crippen LogP contribution in [0.15, 0.2) is 59.6 Å². The molecule has 2 unspecified atom stereocenters. The van der Waals surface area contributed by atoms with Gasteiger partial charge < -0.3 is 14.6 Å². The number of piperazine rings is 1. The molecule has 0 amide bonds. The zero-order valence-corrected chi connectivity index (χ0v) is 18.3. The minimum absolute atomic E-state index is 0.499. The average Bonchev–Trinajstić information content (AvgIpc) is 3.61. The summed E-state index contributed by atoms with van der Waals surface area (Å²) in [7, 11) is 0. The number of likely N-dealkylation sites (tertiary alicyclic amines) is 1. The molecule has 4 aromatic heterocycles. The molecule has 0 saturated carbocycles. The number of pyridine rings is 1. The predicted molar refractivity (Wildman–Crippen MR) is 124 cm³/mol. The smallest absolute Gasteiger partial charge is 0.212 e. The van der Waals surface area contributed by atoms with Crippen molar-refractivity contribution in [1.82, 2.24) is 24.3 Å². The van der Waals surface area contributed by atoms with Crippen molar-refractivity contribution in [2.75, 3.05) is 23.3 Å². The fraction of sp³-hybridized carbons (Fsp3) is 0.375. The van der Waals surface area contributed by atoms with Crippen molar-refractivity contribution < 1.29 is 4.42 Å². The van der Waals surface area contributed by atoms with Gasteiger partial charge in [-0.05, 0) is 44.5 Å². The topological polar surface area (TPSA) is 74.7 Å². The molecule has 2 bridgehead atoms. The standard InChI is InChI=1S/C24H27N7O/c1-16(2)30-14-19-11-18(30)15-31(19)24-28-21(12-23-26-7-8-29(23)24)17-5-6-25-22(10-17)27-13-20-4-3-9-32-20/h3-10,12,16,18-19H,11,13-15H2,1-2H3,(H,25,27). The van der Waals surface area contributed by atoms with Gasteiger partial charge in [0.15, 0.2) is 0 Å². The Morgan fingerprint density at radius 2 is 2.06 bits per heavy atom. The Labute approximate surface area is 186 Å². The van der Waals surface area contributed by atoms with E-state index in [1.54, 1.807) is 6.26 Å². The first-order valence-corrected chi connectivity index (χ1v) is 11.2. The summed E-state index contributed by atoms with van der Waals surface area (Å²) < 4.78 is 7.52. The highest BCUT2D eigenvalue weighted by atomic mass is 16.3. The highest BCUT2D eigenvalue weighted by Crippen LogP contribution is 2.36. The number of fused-ring (bicyclic) bond motifs is 3. The number of furan rings is 1. The van der Waals surface area contributed by atoms with Gasteiger partial charge in [-0.2, -0.15) is 0 Å². The highest BCUT2D eigenvalue weighted by Gasteiger charge is 2.45. The zero-order valence-electron chi connectivity index (χ0n) is 18.3. The first kappa shape index (κ1) is 19.3. The first-order valence-electron chi connectivity index (χ1n) is 11.2. The molecule has 32 heavy (non-hydrogen) atoms. The Kier molecular flexibility index (Phi) is 4.61. The fourth-order valence-corrected chi connectivity index (χ4v) is 5.11. The second kappa shape index (κ2) is 7.63. The molecule has 0 spiro atoms. The Morgan fingerprint density at radius 3 is 2.84 bits per heavy atom. The van der Waals surface area contributed by atoms with Crippen LogP contribution in [0.3, 0.4) is 0 Å². The van der Waals surface area contributed by atoms with Crippen molar-refractivity contribution in [2.45, 2.75) is 44.9 Å². The molecule has 6 heterocycles. The van der Waals surface area contributed by atoms with Crippen molar-refractivity contribution in [3.05, 3.63) is 60.9 Å². The molecular weight excluding hydrogens is 402 g/mol. The number of hydrogen-bond acceptors (Lipinski definition) is 7. The van der Waals surface area contributed by atoms with E-state index in [4.69, 9.17) is 9.40 Å². The van der Waals surface area contributed by atoms with E-state index in [1.807, 2.05) is 48.9 Å². The zero-order chi connectivity index (χ0) is 21.7. The molecule has 2 aliphatic rings. The van der Waals surface area contributed by atoms with Gasteiger partial charge in [0.05, 0.1) is 18.5 Å². The van der Waals surface area contributed by atoms with Gasteiger partial charge in [0.25, 0.3) is 0 Å². The van der Waals surface area contributed by atoms with E-state index in [0.29, 0.717) is 24.7 Å². The van der Waals surface area contributed by atoms with Gasteiger partial charge >= 0.3 is 0 Å². The lowest BCUT2D eigenvalue weighted by molar-refractivity contribution is 0.190. The van der Waals surface area contributed by atoms with Crippen molar-refractivity contribution in [2.24, 2.45) is 0 Å². The summed E-state index contributed by atoms with van der Waals surface area (Å²) in [6.45, 7) is 7.28. The lowest BCUT2D eigenvalue weighted by Gasteiger charge is -2.37. The van der Waals surface area contributed by atoms with Gasteiger partial charge in [-0.3, -0.25) is 9.30 Å². The monoisotopic (exact) mass is 429 g/mol. The van der Waals surface area contributed by atoms with E-state index in [9.17, 15) is 0 Å². The van der Waals surface area contributed by atoms with Crippen LogP contribution in [0.4, 0.5) is 11.8 Å². The van der Waals surface area contributed by atoms with Crippen LogP contribution >= 0.6 is 0 Å². The minimum Gasteiger partial charge on any atom is -0.467 e. The average molecular weight is 430 g/mol. The number of rotatable bonds is 6. The Bertz CT molecular complexity index is 1230. The summed E-state index contributed by atoms with van der Waals surface area (Å²) in [6.07, 6.45) is 8.56. The molecule has 164 valence electrons. The van der Waals surface area contributed by atoms with Gasteiger partial charge in [-0.15, -0.1) is 0 Å². The molecular formula is C24H27N7O. The molecule has 2 aliphatic heterocycles. The fourth-order valence-electron chi connectivity index (χ4n) is 5.11. The number of hydrogen-bond donors (Lipinski definition) is 1. The molecule has 6 rings (SSSR count). The van der Waals surface area contributed by atoms with Crippen LogP contribution < -0.4 is 10.2 Å². The summed E-state index contributed by atoms with van der Waals surface area (Å²) in [4.78, 5) is 19.2. The van der Waals surface area contributed by atoms with Gasteiger partial charge in [0.1, 0.15) is 17.2 Å². The molecule has 1 N–H and O–H groups in total. The molecule has 0 aliphatic carbocycles. The van der Waals surface area contributed by atoms with E-state index in [1.165, 1.54) is 6.42 Å². The second-order valence-corrected chi connectivity index (χ2v) is 8.95. The highest BCUT2D eigenvalue weighted by molar-refractivity contribution is 5.68. The molecule has 0 aromatic carbocycles. The Hall–Kier alpha value is -3.39. The summed E-state index contributed by atoms with van der Waals surface area (Å²) in [6, 6.07) is 11.6. The third-order valence-corrected chi connectivity index (χ3v) is 6.65. The quantitative estimate of drug-likeness (QED) is 0.501. The van der Waals surface area contributed by atoms with E-state index in [0.717, 1.165) is 47.5 Å². The number of nitrogens with zero attached hydrogens (tertiary/aromatic N) is 6. The van der Waals surface area contributed by atoms with E-state index >= 15 is 0 Å². The lowest BCUT2D eigenvalue weighted by Crippen LogP contribution is -2.49. The maximum absolute atomic E-state index is 5.41. The number of anilines is 2. The number of aromatic nitrogens is 4. The molecule has 2 saturated heterocycles. The van der Waals surface area contributed by atoms with Crippen molar-refractivity contribution in [3.63, 3.8) is 0 Å². The van der Waals surface area contributed by atoms with Crippen LogP contribution in [0.2, 0.25) is 0 Å². The van der Waals surface area contributed by atoms with E-state index in [2.05, 4.69) is 43.3 Å². The lowest BCUT2D eigenvalue weighted by atomic mass is 10.2. The van der Waals surface area contributed by atoms with Crippen LogP contribution in [0.25, 0.3) is 16.9 Å². The van der Waals surface area contributed by atoms with Crippen molar-refractivity contribution in [3.8, 4) is 11.3 Å². The maximum atomic E-state index is 5.41. The van der Waals surface area contributed by atoms with Gasteiger partial charge in [0.2, 0.25) is 5.95 Å². The van der Waals surface area contributed by atoms with Gasteiger partial charge in [-0.1, -0.05) is 0 Å². The Balaban J connectivity index is 1.31. The minimum atomic E-state index is 0.499. The Morgan fingerprint density at radius 1 is 1.12 bits per heavy atom. The van der Waals surface area contributed by atoms with E-state index in [-0.39, 0.29) is 0 Å². The molecule has 2 atom stereocenters. The summed E-state index contributed by atoms with van der Waals surface area (Å²) in [5.74, 6) is 2.64. The van der Waals surface area contributed by atoms with Crippen LogP contribution in [0.1, 0.15) is 26.0 Å². The molecule has 8 nitrogen and oxygen atoms in total. The number of nitrogens with one attached hydrogen (secondary N) is 1. The molecule has 8 heteroatoms. The van der Waals surface area contributed by atoms with Gasteiger partial charge in [-0.25, -0.2) is 15.0 Å². The summed E-state index contributed by atoms with van der Waals surface area (Å²) >= 11 is 0. The maximum Gasteiger partial charge on any atom is 0.212 e. The largest absolute Gasteiger partial charge is 0.467 e. The third-order valence-electron chi connectivity index (χ3n) is 6.65. The van der Waals surface area contributed by atoms with Crippen molar-refractivity contribution in [1.29, 1.82) is 0 Å². The van der Waals surface area contributed by atoms with Crippen LogP contribution in [0.5, 0.6) is 0 Å². The summed E-state index contributed by atoms with van der Waals surface area (Å²) in [5, 5.41) is 3.33. The van der Waals surface area contributed by atoms with Crippen LogP contribution in [-0.4, -0.2) is 55.5 Å². The summed E-state index contributed by atoms with van der Waals surface area (Å²) in [5.41, 5.74) is 2.84. The molecule has 2 fully saturated rings. The molecule has 0 radical (unpaired) electrons. The van der Waals surface area contributed by atoms with Crippen LogP contribution in [-0.2, 0) is 6.54 Å². The second-order valence-electron chi connectivity index (χ2n) is 8.95. The van der Waals surface area contributed by atoms with E-state index < -0.39 is 0 Å². The predicted octanol–water partition coefficient (Wildman–Crippen LogP) is 3.67. The van der Waals surface area contributed by atoms with Crippen molar-refractivity contribution >= 4 is 17.4 Å². The van der Waals surface area contributed by atoms with Gasteiger partial charge in [0, 0.05) is 61.4 Å². The third kappa shape index (κ3) is 3.31. The normalized spacial score (nSPS) is 20.7. The van der Waals surface area contributed by atoms with Crippen LogP contribution in [0, 0.1) is 0 Å². The SMILES string of the molecule is CC(C)N1CC2CC1CN2c1nc(-c2ccnc(NCc3ccco3)c2)cc2nccn12.